The molecule has 4 aromatic carbocycles. The first-order valence-corrected chi connectivity index (χ1v) is 13.2. The summed E-state index contributed by atoms with van der Waals surface area (Å²) in [6.07, 6.45) is 1.67. The van der Waals surface area contributed by atoms with Gasteiger partial charge in [0.2, 0.25) is 5.91 Å². The van der Waals surface area contributed by atoms with Crippen LogP contribution in [-0.2, 0) is 4.79 Å². The number of nitro benzene ring substituents is 1. The normalized spacial score (nSPS) is 11.0. The number of carbonyl (C=O) groups excluding carboxylic acids is 1. The van der Waals surface area contributed by atoms with Crippen molar-refractivity contribution in [3.05, 3.63) is 137 Å². The number of carbonyl (C=O) groups is 1. The van der Waals surface area contributed by atoms with Crippen molar-refractivity contribution in [3.63, 3.8) is 0 Å². The van der Waals surface area contributed by atoms with Crippen molar-refractivity contribution in [3.8, 4) is 28.2 Å². The molecule has 0 saturated carbocycles. The Labute approximate surface area is 230 Å². The first-order chi connectivity index (χ1) is 19.1. The number of thioether (sulfide) groups is 1. The molecule has 0 fully saturated rings. The van der Waals surface area contributed by atoms with Crippen LogP contribution in [0.5, 0.6) is 0 Å². The number of amides is 1. The molecule has 1 aromatic heterocycles. The third kappa shape index (κ3) is 6.14. The Morgan fingerprint density at radius 2 is 1.44 bits per heavy atom. The molecule has 0 aliphatic carbocycles. The van der Waals surface area contributed by atoms with E-state index in [1.165, 1.54) is 23.9 Å². The molecule has 39 heavy (non-hydrogen) atoms. The van der Waals surface area contributed by atoms with Crippen molar-refractivity contribution in [2.75, 3.05) is 5.75 Å². The fraction of sp³-hybridized carbons (Fsp3) is 0.0323. The number of rotatable bonds is 9. The van der Waals surface area contributed by atoms with E-state index in [1.807, 2.05) is 54.6 Å². The van der Waals surface area contributed by atoms with Crippen LogP contribution >= 0.6 is 11.8 Å². The molecule has 1 heterocycles. The summed E-state index contributed by atoms with van der Waals surface area (Å²) in [5.41, 5.74) is 8.53. The van der Waals surface area contributed by atoms with Crippen molar-refractivity contribution in [1.29, 1.82) is 0 Å². The molecule has 0 saturated heterocycles. The lowest BCUT2D eigenvalue weighted by Crippen LogP contribution is -2.19. The number of para-hydroxylation sites is 1. The topological polar surface area (TPSA) is 89.5 Å². The van der Waals surface area contributed by atoms with Crippen LogP contribution < -0.4 is 5.43 Å². The van der Waals surface area contributed by atoms with Gasteiger partial charge in [-0.25, -0.2) is 5.43 Å². The van der Waals surface area contributed by atoms with Crippen LogP contribution in [0.25, 0.3) is 28.2 Å². The maximum absolute atomic E-state index is 12.5. The van der Waals surface area contributed by atoms with Gasteiger partial charge in [-0.2, -0.15) is 5.10 Å². The number of non-ortho nitro benzene ring substituents is 1. The summed E-state index contributed by atoms with van der Waals surface area (Å²) in [6, 6.07) is 38.6. The van der Waals surface area contributed by atoms with Gasteiger partial charge in [0.25, 0.3) is 5.69 Å². The predicted octanol–water partition coefficient (Wildman–Crippen LogP) is 6.96. The first kappa shape index (κ1) is 25.7. The van der Waals surface area contributed by atoms with Gasteiger partial charge in [-0.1, -0.05) is 78.9 Å². The van der Waals surface area contributed by atoms with Gasteiger partial charge in [0.1, 0.15) is 0 Å². The van der Waals surface area contributed by atoms with Gasteiger partial charge < -0.3 is 4.57 Å². The Hall–Kier alpha value is -4.95. The molecule has 0 unspecified atom stereocenters. The molecule has 5 aromatic rings. The van der Waals surface area contributed by atoms with E-state index in [-0.39, 0.29) is 17.3 Å². The van der Waals surface area contributed by atoms with Gasteiger partial charge in [0, 0.05) is 28.3 Å². The Bertz CT molecular complexity index is 1600. The van der Waals surface area contributed by atoms with Crippen molar-refractivity contribution in [2.24, 2.45) is 5.10 Å². The number of nitro groups is 1. The Morgan fingerprint density at radius 3 is 2.05 bits per heavy atom. The molecule has 0 aliphatic rings. The average molecular weight is 533 g/mol. The highest BCUT2D eigenvalue weighted by Gasteiger charge is 2.18. The van der Waals surface area contributed by atoms with Gasteiger partial charge in [-0.3, -0.25) is 14.9 Å². The number of benzene rings is 4. The summed E-state index contributed by atoms with van der Waals surface area (Å²) in [7, 11) is 0. The average Bonchev–Trinajstić information content (AvgIpc) is 3.37. The van der Waals surface area contributed by atoms with E-state index in [4.69, 9.17) is 0 Å². The van der Waals surface area contributed by atoms with E-state index in [1.54, 1.807) is 18.3 Å². The quantitative estimate of drug-likeness (QED) is 0.0962. The monoisotopic (exact) mass is 532 g/mol. The molecule has 0 radical (unpaired) electrons. The molecular weight excluding hydrogens is 508 g/mol. The zero-order valence-electron chi connectivity index (χ0n) is 20.8. The molecule has 0 atom stereocenters. The van der Waals surface area contributed by atoms with Crippen LogP contribution in [0.3, 0.4) is 0 Å². The minimum absolute atomic E-state index is 0.0138. The third-order valence-electron chi connectivity index (χ3n) is 5.97. The summed E-state index contributed by atoms with van der Waals surface area (Å²) in [5.74, 6) is -0.150. The van der Waals surface area contributed by atoms with E-state index in [0.29, 0.717) is 0 Å². The second kappa shape index (κ2) is 12.1. The summed E-state index contributed by atoms with van der Waals surface area (Å²) in [4.78, 5) is 23.6. The van der Waals surface area contributed by atoms with Crippen LogP contribution in [0.4, 0.5) is 5.69 Å². The standard InChI is InChI=1S/C31H24N4O3S/c36-30(22-39-28-18-16-27(17-19-28)35(37)38)33-32-21-25-20-29(23-10-4-1-5-11-23)34(26-14-8-3-9-15-26)31(25)24-12-6-2-7-13-24/h1-21H,22H2,(H,33,36)/b32-21-. The van der Waals surface area contributed by atoms with Crippen molar-refractivity contribution in [1.82, 2.24) is 9.99 Å². The molecule has 192 valence electrons. The zero-order valence-corrected chi connectivity index (χ0v) is 21.6. The van der Waals surface area contributed by atoms with Gasteiger partial charge >= 0.3 is 0 Å². The Balaban J connectivity index is 1.43. The van der Waals surface area contributed by atoms with Gasteiger partial charge in [0.15, 0.2) is 0 Å². The maximum Gasteiger partial charge on any atom is 0.269 e. The molecular formula is C31H24N4O3S. The molecule has 0 bridgehead atoms. The van der Waals surface area contributed by atoms with E-state index < -0.39 is 4.92 Å². The second-order valence-electron chi connectivity index (χ2n) is 8.57. The van der Waals surface area contributed by atoms with E-state index >= 15 is 0 Å². The van der Waals surface area contributed by atoms with E-state index in [9.17, 15) is 14.9 Å². The second-order valence-corrected chi connectivity index (χ2v) is 9.62. The maximum atomic E-state index is 12.5. The van der Waals surface area contributed by atoms with Crippen molar-refractivity contribution in [2.45, 2.75) is 4.90 Å². The number of nitrogens with one attached hydrogen (secondary N) is 1. The zero-order chi connectivity index (χ0) is 27.0. The van der Waals surface area contributed by atoms with Crippen molar-refractivity contribution >= 4 is 29.6 Å². The van der Waals surface area contributed by atoms with Gasteiger partial charge in [-0.15, -0.1) is 11.8 Å². The minimum atomic E-state index is -0.451. The molecule has 0 spiro atoms. The lowest BCUT2D eigenvalue weighted by atomic mass is 10.1. The van der Waals surface area contributed by atoms with Crippen LogP contribution in [0.1, 0.15) is 5.56 Å². The highest BCUT2D eigenvalue weighted by molar-refractivity contribution is 8.00. The summed E-state index contributed by atoms with van der Waals surface area (Å²) in [5, 5.41) is 15.1. The Kier molecular flexibility index (Phi) is 7.95. The minimum Gasteiger partial charge on any atom is -0.309 e. The first-order valence-electron chi connectivity index (χ1n) is 12.2. The van der Waals surface area contributed by atoms with Crippen LogP contribution in [0.2, 0.25) is 0 Å². The molecule has 5 rings (SSSR count). The third-order valence-corrected chi connectivity index (χ3v) is 6.98. The molecule has 8 heteroatoms. The summed E-state index contributed by atoms with van der Waals surface area (Å²) in [6.45, 7) is 0. The molecule has 7 nitrogen and oxygen atoms in total. The van der Waals surface area contributed by atoms with Crippen LogP contribution in [0.15, 0.2) is 131 Å². The molecule has 0 aliphatic heterocycles. The van der Waals surface area contributed by atoms with Crippen LogP contribution in [-0.4, -0.2) is 27.4 Å². The lowest BCUT2D eigenvalue weighted by molar-refractivity contribution is -0.384. The Morgan fingerprint density at radius 1 is 0.846 bits per heavy atom. The van der Waals surface area contributed by atoms with E-state index in [0.717, 1.165) is 38.7 Å². The predicted molar refractivity (Wildman–Crippen MR) is 156 cm³/mol. The van der Waals surface area contributed by atoms with E-state index in [2.05, 4.69) is 57.6 Å². The summed E-state index contributed by atoms with van der Waals surface area (Å²) < 4.78 is 2.21. The molecule has 1 N–H and O–H groups in total. The number of hydrogen-bond acceptors (Lipinski definition) is 5. The summed E-state index contributed by atoms with van der Waals surface area (Å²) >= 11 is 1.28. The fourth-order valence-corrected chi connectivity index (χ4v) is 4.90. The number of aromatic nitrogens is 1. The SMILES string of the molecule is O=C(CSc1ccc([N+](=O)[O-])cc1)N/N=C\c1cc(-c2ccccc2)n(-c2ccccc2)c1-c1ccccc1. The highest BCUT2D eigenvalue weighted by atomic mass is 32.2. The number of hydrazone groups is 1. The fourth-order valence-electron chi connectivity index (χ4n) is 4.21. The van der Waals surface area contributed by atoms with Crippen molar-refractivity contribution < 1.29 is 9.72 Å². The number of hydrogen-bond donors (Lipinski definition) is 1. The lowest BCUT2D eigenvalue weighted by Gasteiger charge is -2.15. The highest BCUT2D eigenvalue weighted by Crippen LogP contribution is 2.35. The van der Waals surface area contributed by atoms with Gasteiger partial charge in [0.05, 0.1) is 28.3 Å². The largest absolute Gasteiger partial charge is 0.309 e. The van der Waals surface area contributed by atoms with Gasteiger partial charge in [-0.05, 0) is 41.5 Å². The molecule has 1 amide bonds. The smallest absolute Gasteiger partial charge is 0.269 e. The van der Waals surface area contributed by atoms with Crippen LogP contribution in [0, 0.1) is 10.1 Å². The number of nitrogens with zero attached hydrogens (tertiary/aromatic N) is 3.